The molecule has 1 saturated heterocycles. The molecule has 138 valence electrons. The summed E-state index contributed by atoms with van der Waals surface area (Å²) in [7, 11) is 0. The van der Waals surface area contributed by atoms with Gasteiger partial charge >= 0.3 is 12.1 Å². The summed E-state index contributed by atoms with van der Waals surface area (Å²) in [6, 6.07) is 5.31. The Hall–Kier alpha value is -1.95. The fraction of sp³-hybridized carbons (Fsp3) is 0.556. The van der Waals surface area contributed by atoms with Gasteiger partial charge in [0, 0.05) is 31.9 Å². The van der Waals surface area contributed by atoms with Crippen LogP contribution < -0.4 is 4.90 Å². The van der Waals surface area contributed by atoms with Crippen molar-refractivity contribution >= 4 is 29.4 Å². The smallest absolute Gasteiger partial charge is 0.410 e. The molecule has 0 radical (unpaired) electrons. The Balaban J connectivity index is 2.02. The van der Waals surface area contributed by atoms with Gasteiger partial charge in [0.1, 0.15) is 5.60 Å². The Morgan fingerprint density at radius 3 is 2.36 bits per heavy atom. The number of nitrogens with zero attached hydrogens (tertiary/aromatic N) is 2. The van der Waals surface area contributed by atoms with Crippen LogP contribution in [0.25, 0.3) is 0 Å². The zero-order valence-electron chi connectivity index (χ0n) is 15.2. The SMILES string of the molecule is CCOC(=O)c1cc(N2CCN(C(=O)OC(C)(C)C)CC2)ccc1Cl. The molecule has 0 bridgehead atoms. The number of esters is 1. The molecular formula is C18H25ClN2O4. The van der Waals surface area contributed by atoms with E-state index in [-0.39, 0.29) is 6.09 Å². The Morgan fingerprint density at radius 2 is 1.80 bits per heavy atom. The molecule has 2 rings (SSSR count). The van der Waals surface area contributed by atoms with Crippen molar-refractivity contribution in [3.63, 3.8) is 0 Å². The van der Waals surface area contributed by atoms with Crippen molar-refractivity contribution in [3.8, 4) is 0 Å². The minimum absolute atomic E-state index is 0.296. The van der Waals surface area contributed by atoms with Crippen molar-refractivity contribution in [2.45, 2.75) is 33.3 Å². The number of carbonyl (C=O) groups is 2. The highest BCUT2D eigenvalue weighted by Gasteiger charge is 2.26. The standard InChI is InChI=1S/C18H25ClN2O4/c1-5-24-16(22)14-12-13(6-7-15(14)19)20-8-10-21(11-9-20)17(23)25-18(2,3)4/h6-7,12H,5,8-11H2,1-4H3. The number of benzene rings is 1. The average Bonchev–Trinajstić information content (AvgIpc) is 2.54. The van der Waals surface area contributed by atoms with E-state index >= 15 is 0 Å². The maximum absolute atomic E-state index is 12.1. The molecule has 25 heavy (non-hydrogen) atoms. The van der Waals surface area contributed by atoms with E-state index in [2.05, 4.69) is 4.90 Å². The number of carbonyl (C=O) groups excluding carboxylic acids is 2. The van der Waals surface area contributed by atoms with Crippen LogP contribution in [0, 0.1) is 0 Å². The van der Waals surface area contributed by atoms with Gasteiger partial charge in [0.25, 0.3) is 0 Å². The highest BCUT2D eigenvalue weighted by atomic mass is 35.5. The summed E-state index contributed by atoms with van der Waals surface area (Å²) in [5.41, 5.74) is 0.741. The molecular weight excluding hydrogens is 344 g/mol. The molecule has 7 heteroatoms. The van der Waals surface area contributed by atoms with Gasteiger partial charge in [0.2, 0.25) is 0 Å². The number of halogens is 1. The highest BCUT2D eigenvalue weighted by Crippen LogP contribution is 2.25. The van der Waals surface area contributed by atoms with Crippen LogP contribution in [-0.4, -0.2) is 55.3 Å². The number of piperazine rings is 1. The Bertz CT molecular complexity index is 634. The first-order valence-corrected chi connectivity index (χ1v) is 8.78. The molecule has 0 unspecified atom stereocenters. The van der Waals surface area contributed by atoms with Gasteiger partial charge < -0.3 is 19.3 Å². The number of anilines is 1. The number of rotatable bonds is 3. The molecule has 1 aromatic rings. The third-order valence-electron chi connectivity index (χ3n) is 3.74. The minimum Gasteiger partial charge on any atom is -0.462 e. The van der Waals surface area contributed by atoms with Gasteiger partial charge in [-0.05, 0) is 45.9 Å². The minimum atomic E-state index is -0.501. The first-order valence-electron chi connectivity index (χ1n) is 8.41. The maximum atomic E-state index is 12.1. The molecule has 1 amide bonds. The largest absolute Gasteiger partial charge is 0.462 e. The van der Waals surface area contributed by atoms with Gasteiger partial charge in [-0.3, -0.25) is 0 Å². The highest BCUT2D eigenvalue weighted by molar-refractivity contribution is 6.33. The Morgan fingerprint density at radius 1 is 1.16 bits per heavy atom. The maximum Gasteiger partial charge on any atom is 0.410 e. The van der Waals surface area contributed by atoms with Crippen LogP contribution in [0.4, 0.5) is 10.5 Å². The van der Waals surface area contributed by atoms with E-state index in [4.69, 9.17) is 21.1 Å². The zero-order chi connectivity index (χ0) is 18.6. The van der Waals surface area contributed by atoms with Crippen LogP contribution in [0.3, 0.4) is 0 Å². The van der Waals surface area contributed by atoms with E-state index in [0.717, 1.165) is 5.69 Å². The molecule has 0 spiro atoms. The topological polar surface area (TPSA) is 59.1 Å². The number of ether oxygens (including phenoxy) is 2. The second-order valence-electron chi connectivity index (χ2n) is 6.84. The second-order valence-corrected chi connectivity index (χ2v) is 7.25. The van der Waals surface area contributed by atoms with Gasteiger partial charge in [0.15, 0.2) is 0 Å². The number of hydrogen-bond donors (Lipinski definition) is 0. The number of amides is 1. The van der Waals surface area contributed by atoms with Crippen LogP contribution in [-0.2, 0) is 9.47 Å². The van der Waals surface area contributed by atoms with E-state index in [1.165, 1.54) is 0 Å². The summed E-state index contributed by atoms with van der Waals surface area (Å²) in [4.78, 5) is 27.9. The van der Waals surface area contributed by atoms with Crippen molar-refractivity contribution in [2.24, 2.45) is 0 Å². The van der Waals surface area contributed by atoms with E-state index in [9.17, 15) is 9.59 Å². The lowest BCUT2D eigenvalue weighted by atomic mass is 10.1. The lowest BCUT2D eigenvalue weighted by Gasteiger charge is -2.36. The van der Waals surface area contributed by atoms with Crippen LogP contribution in [0.5, 0.6) is 0 Å². The van der Waals surface area contributed by atoms with Crippen molar-refractivity contribution in [1.82, 2.24) is 4.90 Å². The van der Waals surface area contributed by atoms with Gasteiger partial charge in [-0.2, -0.15) is 0 Å². The molecule has 1 fully saturated rings. The predicted molar refractivity (Wildman–Crippen MR) is 97.4 cm³/mol. The number of hydrogen-bond acceptors (Lipinski definition) is 5. The normalized spacial score (nSPS) is 15.1. The fourth-order valence-corrected chi connectivity index (χ4v) is 2.74. The summed E-state index contributed by atoms with van der Waals surface area (Å²) >= 11 is 6.10. The summed E-state index contributed by atoms with van der Waals surface area (Å²) in [5, 5.41) is 0.370. The predicted octanol–water partition coefficient (Wildman–Crippen LogP) is 3.57. The molecule has 1 heterocycles. The van der Waals surface area contributed by atoms with Crippen LogP contribution in [0.1, 0.15) is 38.1 Å². The van der Waals surface area contributed by atoms with Crippen molar-refractivity contribution in [2.75, 3.05) is 37.7 Å². The Labute approximate surface area is 153 Å². The lowest BCUT2D eigenvalue weighted by molar-refractivity contribution is 0.0240. The van der Waals surface area contributed by atoms with Crippen molar-refractivity contribution < 1.29 is 19.1 Å². The molecule has 0 aromatic heterocycles. The van der Waals surface area contributed by atoms with Gasteiger partial charge in [-0.25, -0.2) is 9.59 Å². The van der Waals surface area contributed by atoms with Gasteiger partial charge in [-0.15, -0.1) is 0 Å². The lowest BCUT2D eigenvalue weighted by Crippen LogP contribution is -2.50. The fourth-order valence-electron chi connectivity index (χ4n) is 2.55. The summed E-state index contributed by atoms with van der Waals surface area (Å²) in [6.45, 7) is 10.0. The Kier molecular flexibility index (Phi) is 6.16. The average molecular weight is 369 g/mol. The van der Waals surface area contributed by atoms with Crippen LogP contribution >= 0.6 is 11.6 Å². The molecule has 1 aromatic carbocycles. The first-order chi connectivity index (χ1) is 11.7. The molecule has 1 aliphatic heterocycles. The zero-order valence-corrected chi connectivity index (χ0v) is 15.9. The van der Waals surface area contributed by atoms with Crippen LogP contribution in [0.2, 0.25) is 5.02 Å². The van der Waals surface area contributed by atoms with Crippen molar-refractivity contribution in [1.29, 1.82) is 0 Å². The first kappa shape index (κ1) is 19.4. The third-order valence-corrected chi connectivity index (χ3v) is 4.07. The molecule has 6 nitrogen and oxygen atoms in total. The molecule has 0 atom stereocenters. The van der Waals surface area contributed by atoms with E-state index < -0.39 is 11.6 Å². The van der Waals surface area contributed by atoms with Crippen molar-refractivity contribution in [3.05, 3.63) is 28.8 Å². The van der Waals surface area contributed by atoms with E-state index in [0.29, 0.717) is 43.4 Å². The molecule has 0 saturated carbocycles. The van der Waals surface area contributed by atoms with E-state index in [1.54, 1.807) is 24.0 Å². The summed E-state index contributed by atoms with van der Waals surface area (Å²) in [6.07, 6.45) is -0.296. The monoisotopic (exact) mass is 368 g/mol. The molecule has 0 N–H and O–H groups in total. The van der Waals surface area contributed by atoms with Gasteiger partial charge in [0.05, 0.1) is 17.2 Å². The van der Waals surface area contributed by atoms with E-state index in [1.807, 2.05) is 26.8 Å². The molecule has 0 aliphatic carbocycles. The quantitative estimate of drug-likeness (QED) is 0.763. The summed E-state index contributed by atoms with van der Waals surface area (Å²) < 4.78 is 10.4. The van der Waals surface area contributed by atoms with Gasteiger partial charge in [-0.1, -0.05) is 11.6 Å². The third kappa shape index (κ3) is 5.26. The second kappa shape index (κ2) is 7.95. The van der Waals surface area contributed by atoms with Crippen LogP contribution in [0.15, 0.2) is 18.2 Å². The summed E-state index contributed by atoms with van der Waals surface area (Å²) in [5.74, 6) is -0.429. The molecule has 1 aliphatic rings.